The van der Waals surface area contributed by atoms with Gasteiger partial charge in [0.05, 0.1) is 27.5 Å². The monoisotopic (exact) mass is 361 g/mol. The van der Waals surface area contributed by atoms with E-state index in [2.05, 4.69) is 15.1 Å². The van der Waals surface area contributed by atoms with E-state index in [4.69, 9.17) is 28.3 Å². The summed E-state index contributed by atoms with van der Waals surface area (Å²) in [6.45, 7) is 6.00. The molecule has 0 atom stereocenters. The van der Waals surface area contributed by atoms with Gasteiger partial charge in [-0.05, 0) is 44.9 Å². The van der Waals surface area contributed by atoms with E-state index in [-0.39, 0.29) is 0 Å². The maximum atomic E-state index is 6.38. The number of fused-ring (bicyclic) bond motifs is 1. The highest BCUT2D eigenvalue weighted by molar-refractivity contribution is 6.35. The van der Waals surface area contributed by atoms with E-state index in [1.54, 1.807) is 6.07 Å². The van der Waals surface area contributed by atoms with Crippen LogP contribution in [0.15, 0.2) is 18.2 Å². The summed E-state index contributed by atoms with van der Waals surface area (Å²) >= 11 is 12.4. The first-order valence-corrected chi connectivity index (χ1v) is 8.75. The van der Waals surface area contributed by atoms with Crippen molar-refractivity contribution in [1.82, 2.24) is 20.0 Å². The van der Waals surface area contributed by atoms with E-state index in [1.807, 2.05) is 30.7 Å². The number of halogens is 2. The average Bonchev–Trinajstić information content (AvgIpc) is 3.17. The fourth-order valence-electron chi connectivity index (χ4n) is 3.34. The Kier molecular flexibility index (Phi) is 3.85. The van der Waals surface area contributed by atoms with Crippen LogP contribution in [0.25, 0.3) is 16.6 Å². The molecule has 1 saturated heterocycles. The molecule has 0 N–H and O–H groups in total. The Balaban J connectivity index is 1.96. The van der Waals surface area contributed by atoms with Gasteiger partial charge in [-0.2, -0.15) is 10.2 Å². The molecule has 0 amide bonds. The van der Waals surface area contributed by atoms with E-state index in [0.29, 0.717) is 10.0 Å². The van der Waals surface area contributed by atoms with Crippen molar-refractivity contribution in [3.8, 4) is 5.69 Å². The minimum absolute atomic E-state index is 0.569. The van der Waals surface area contributed by atoms with Gasteiger partial charge < -0.3 is 4.90 Å². The molecule has 0 aliphatic carbocycles. The van der Waals surface area contributed by atoms with Crippen LogP contribution < -0.4 is 4.90 Å². The SMILES string of the molecule is Cc1nnc(N2CCCC2)c2nn(-c3ccc(Cl)cc3Cl)c(C)c12. The quantitative estimate of drug-likeness (QED) is 0.680. The van der Waals surface area contributed by atoms with Crippen LogP contribution in [0, 0.1) is 13.8 Å². The van der Waals surface area contributed by atoms with Crippen molar-refractivity contribution in [2.75, 3.05) is 18.0 Å². The van der Waals surface area contributed by atoms with E-state index in [1.165, 1.54) is 12.8 Å². The molecule has 7 heteroatoms. The molecule has 5 nitrogen and oxygen atoms in total. The lowest BCUT2D eigenvalue weighted by Crippen LogP contribution is -2.20. The normalized spacial score (nSPS) is 14.8. The summed E-state index contributed by atoms with van der Waals surface area (Å²) in [4.78, 5) is 2.26. The van der Waals surface area contributed by atoms with Gasteiger partial charge in [-0.15, -0.1) is 5.10 Å². The van der Waals surface area contributed by atoms with Crippen LogP contribution in [0.5, 0.6) is 0 Å². The van der Waals surface area contributed by atoms with Gasteiger partial charge in [-0.3, -0.25) is 0 Å². The Morgan fingerprint density at radius 2 is 1.79 bits per heavy atom. The lowest BCUT2D eigenvalue weighted by Gasteiger charge is -2.15. The van der Waals surface area contributed by atoms with Crippen LogP contribution >= 0.6 is 23.2 Å². The van der Waals surface area contributed by atoms with Gasteiger partial charge in [0.25, 0.3) is 0 Å². The number of benzene rings is 1. The fraction of sp³-hybridized carbons (Fsp3) is 0.353. The molecular weight excluding hydrogens is 345 g/mol. The Morgan fingerprint density at radius 3 is 2.50 bits per heavy atom. The summed E-state index contributed by atoms with van der Waals surface area (Å²) in [6.07, 6.45) is 2.36. The smallest absolute Gasteiger partial charge is 0.179 e. The van der Waals surface area contributed by atoms with Gasteiger partial charge in [-0.25, -0.2) is 4.68 Å². The first-order chi connectivity index (χ1) is 11.6. The molecule has 3 aromatic rings. The first kappa shape index (κ1) is 15.7. The lowest BCUT2D eigenvalue weighted by atomic mass is 10.2. The predicted octanol–water partition coefficient (Wildman–Crippen LogP) is 4.34. The second-order valence-corrected chi connectivity index (χ2v) is 6.96. The zero-order valence-corrected chi connectivity index (χ0v) is 15.1. The number of anilines is 1. The summed E-state index contributed by atoms with van der Waals surface area (Å²) in [5.41, 5.74) is 3.57. The number of hydrogen-bond donors (Lipinski definition) is 0. The highest BCUT2D eigenvalue weighted by atomic mass is 35.5. The van der Waals surface area contributed by atoms with E-state index < -0.39 is 0 Å². The Labute approximate surface area is 150 Å². The van der Waals surface area contributed by atoms with Gasteiger partial charge in [-0.1, -0.05) is 23.2 Å². The fourth-order valence-corrected chi connectivity index (χ4v) is 3.83. The Hall–Kier alpha value is -1.85. The van der Waals surface area contributed by atoms with Crippen LogP contribution in [-0.4, -0.2) is 33.1 Å². The van der Waals surface area contributed by atoms with Crippen LogP contribution in [0.3, 0.4) is 0 Å². The molecule has 1 aromatic carbocycles. The van der Waals surface area contributed by atoms with Gasteiger partial charge in [0.15, 0.2) is 5.82 Å². The minimum Gasteiger partial charge on any atom is -0.353 e. The van der Waals surface area contributed by atoms with Crippen LogP contribution in [0.2, 0.25) is 10.0 Å². The molecule has 24 heavy (non-hydrogen) atoms. The molecule has 0 bridgehead atoms. The van der Waals surface area contributed by atoms with Crippen LogP contribution in [0.4, 0.5) is 5.82 Å². The molecule has 0 unspecified atom stereocenters. The topological polar surface area (TPSA) is 46.8 Å². The van der Waals surface area contributed by atoms with Crippen molar-refractivity contribution in [3.05, 3.63) is 39.6 Å². The second-order valence-electron chi connectivity index (χ2n) is 6.12. The van der Waals surface area contributed by atoms with E-state index in [0.717, 1.165) is 46.9 Å². The number of rotatable bonds is 2. The summed E-state index contributed by atoms with van der Waals surface area (Å²) in [7, 11) is 0. The highest BCUT2D eigenvalue weighted by Gasteiger charge is 2.23. The van der Waals surface area contributed by atoms with Crippen LogP contribution in [-0.2, 0) is 0 Å². The van der Waals surface area contributed by atoms with Crippen molar-refractivity contribution in [1.29, 1.82) is 0 Å². The predicted molar refractivity (Wildman–Crippen MR) is 97.6 cm³/mol. The molecular formula is C17H17Cl2N5. The number of nitrogens with zero attached hydrogens (tertiary/aromatic N) is 5. The zero-order chi connectivity index (χ0) is 16.8. The van der Waals surface area contributed by atoms with Crippen molar-refractivity contribution >= 4 is 39.9 Å². The largest absolute Gasteiger partial charge is 0.353 e. The minimum atomic E-state index is 0.569. The summed E-state index contributed by atoms with van der Waals surface area (Å²) in [5.74, 6) is 0.861. The van der Waals surface area contributed by atoms with Crippen molar-refractivity contribution in [2.24, 2.45) is 0 Å². The summed E-state index contributed by atoms with van der Waals surface area (Å²) < 4.78 is 1.86. The van der Waals surface area contributed by atoms with Gasteiger partial charge in [0, 0.05) is 18.1 Å². The average molecular weight is 362 g/mol. The standard InChI is InChI=1S/C17H17Cl2N5/c1-10-15-11(2)24(14-6-5-12(18)9-13(14)19)22-16(15)17(21-20-10)23-7-3-4-8-23/h5-6,9H,3-4,7-8H2,1-2H3. The van der Waals surface area contributed by atoms with Crippen molar-refractivity contribution in [2.45, 2.75) is 26.7 Å². The van der Waals surface area contributed by atoms with Crippen LogP contribution in [0.1, 0.15) is 24.2 Å². The summed E-state index contributed by atoms with van der Waals surface area (Å²) in [6, 6.07) is 5.43. The first-order valence-electron chi connectivity index (χ1n) is 7.99. The Bertz CT molecular complexity index is 928. The third kappa shape index (κ3) is 2.43. The summed E-state index contributed by atoms with van der Waals surface area (Å²) in [5, 5.41) is 15.8. The third-order valence-electron chi connectivity index (χ3n) is 4.53. The second kappa shape index (κ2) is 5.90. The van der Waals surface area contributed by atoms with Crippen molar-refractivity contribution < 1.29 is 0 Å². The molecule has 3 heterocycles. The number of hydrogen-bond acceptors (Lipinski definition) is 4. The van der Waals surface area contributed by atoms with E-state index in [9.17, 15) is 0 Å². The Morgan fingerprint density at radius 1 is 1.04 bits per heavy atom. The van der Waals surface area contributed by atoms with Gasteiger partial charge >= 0.3 is 0 Å². The van der Waals surface area contributed by atoms with Gasteiger partial charge in [0.2, 0.25) is 0 Å². The maximum Gasteiger partial charge on any atom is 0.179 e. The molecule has 1 aliphatic heterocycles. The third-order valence-corrected chi connectivity index (χ3v) is 5.07. The maximum absolute atomic E-state index is 6.38. The zero-order valence-electron chi connectivity index (χ0n) is 13.6. The number of aryl methyl sites for hydroxylation is 2. The highest BCUT2D eigenvalue weighted by Crippen LogP contribution is 2.32. The number of aromatic nitrogens is 4. The van der Waals surface area contributed by atoms with E-state index >= 15 is 0 Å². The molecule has 0 saturated carbocycles. The molecule has 4 rings (SSSR count). The molecule has 0 spiro atoms. The molecule has 0 radical (unpaired) electrons. The molecule has 2 aromatic heterocycles. The van der Waals surface area contributed by atoms with Crippen molar-refractivity contribution in [3.63, 3.8) is 0 Å². The molecule has 124 valence electrons. The molecule has 1 aliphatic rings. The lowest BCUT2D eigenvalue weighted by molar-refractivity contribution is 0.853. The molecule has 1 fully saturated rings. The van der Waals surface area contributed by atoms with Gasteiger partial charge in [0.1, 0.15) is 5.52 Å².